The fraction of sp³-hybridized carbons (Fsp3) is 0.190. The number of hydrogen-bond donors (Lipinski definition) is 2. The van der Waals surface area contributed by atoms with Crippen LogP contribution in [0.3, 0.4) is 0 Å². The molecule has 4 rings (SSSR count). The van der Waals surface area contributed by atoms with Crippen molar-refractivity contribution < 1.29 is 4.79 Å². The van der Waals surface area contributed by atoms with Crippen LogP contribution in [-0.2, 0) is 11.2 Å². The van der Waals surface area contributed by atoms with E-state index in [1.807, 2.05) is 25.1 Å². The van der Waals surface area contributed by atoms with Gasteiger partial charge in [0.15, 0.2) is 5.13 Å². The van der Waals surface area contributed by atoms with E-state index < -0.39 is 0 Å². The molecule has 29 heavy (non-hydrogen) atoms. The first-order chi connectivity index (χ1) is 14.0. The summed E-state index contributed by atoms with van der Waals surface area (Å²) in [6.45, 7) is 3.80. The number of amides is 1. The monoisotopic (exact) mass is 405 g/mol. The van der Waals surface area contributed by atoms with Crippen LogP contribution in [0.25, 0.3) is 21.6 Å². The van der Waals surface area contributed by atoms with Crippen molar-refractivity contribution in [2.45, 2.75) is 26.7 Å². The molecule has 4 aromatic rings. The summed E-state index contributed by atoms with van der Waals surface area (Å²) in [6, 6.07) is 9.54. The fourth-order valence-corrected chi connectivity index (χ4v) is 4.04. The van der Waals surface area contributed by atoms with E-state index in [-0.39, 0.29) is 17.9 Å². The third-order valence-corrected chi connectivity index (χ3v) is 5.50. The van der Waals surface area contributed by atoms with Gasteiger partial charge in [-0.05, 0) is 50.1 Å². The number of hydrogen-bond acceptors (Lipinski definition) is 6. The van der Waals surface area contributed by atoms with Gasteiger partial charge in [-0.1, -0.05) is 17.4 Å². The average molecular weight is 405 g/mol. The van der Waals surface area contributed by atoms with Crippen molar-refractivity contribution >= 4 is 32.6 Å². The molecule has 2 N–H and O–H groups in total. The van der Waals surface area contributed by atoms with Crippen LogP contribution in [0.2, 0.25) is 0 Å². The third kappa shape index (κ3) is 4.22. The number of pyridine rings is 1. The van der Waals surface area contributed by atoms with E-state index in [4.69, 9.17) is 0 Å². The van der Waals surface area contributed by atoms with E-state index in [9.17, 15) is 9.59 Å². The van der Waals surface area contributed by atoms with Gasteiger partial charge in [0, 0.05) is 35.6 Å². The Morgan fingerprint density at radius 1 is 1.14 bits per heavy atom. The second kappa shape index (κ2) is 7.92. The van der Waals surface area contributed by atoms with Crippen LogP contribution in [0.1, 0.15) is 23.2 Å². The SMILES string of the molecule is Cc1ccc2nc(NC(=O)CCc3c(C)nc(-c4ccncc4)[nH]c3=O)sc2c1. The summed E-state index contributed by atoms with van der Waals surface area (Å²) in [5.74, 6) is 0.311. The number of aryl methyl sites for hydroxylation is 2. The molecule has 1 amide bonds. The van der Waals surface area contributed by atoms with Crippen LogP contribution in [0.5, 0.6) is 0 Å². The van der Waals surface area contributed by atoms with Gasteiger partial charge in [0.25, 0.3) is 5.56 Å². The minimum Gasteiger partial charge on any atom is -0.306 e. The van der Waals surface area contributed by atoms with Crippen LogP contribution in [0.15, 0.2) is 47.5 Å². The Morgan fingerprint density at radius 3 is 2.69 bits per heavy atom. The van der Waals surface area contributed by atoms with Gasteiger partial charge in [0.1, 0.15) is 5.82 Å². The fourth-order valence-electron chi connectivity index (χ4n) is 3.06. The lowest BCUT2D eigenvalue weighted by Crippen LogP contribution is -2.20. The predicted octanol–water partition coefficient (Wildman–Crippen LogP) is 3.63. The van der Waals surface area contributed by atoms with E-state index in [0.717, 1.165) is 21.3 Å². The van der Waals surface area contributed by atoms with Crippen molar-refractivity contribution in [2.24, 2.45) is 0 Å². The number of nitrogens with zero attached hydrogens (tertiary/aromatic N) is 3. The Bertz CT molecular complexity index is 1250. The largest absolute Gasteiger partial charge is 0.306 e. The zero-order valence-electron chi connectivity index (χ0n) is 16.0. The third-order valence-electron chi connectivity index (χ3n) is 4.57. The molecule has 0 unspecified atom stereocenters. The van der Waals surface area contributed by atoms with Crippen LogP contribution in [0, 0.1) is 13.8 Å². The number of H-pyrrole nitrogens is 1. The van der Waals surface area contributed by atoms with Crippen molar-refractivity contribution in [3.63, 3.8) is 0 Å². The first-order valence-corrected chi connectivity index (χ1v) is 9.98. The zero-order chi connectivity index (χ0) is 20.4. The summed E-state index contributed by atoms with van der Waals surface area (Å²) >= 11 is 1.44. The highest BCUT2D eigenvalue weighted by Gasteiger charge is 2.13. The molecule has 0 bridgehead atoms. The Balaban J connectivity index is 1.45. The number of rotatable bonds is 5. The van der Waals surface area contributed by atoms with Crippen molar-refractivity contribution in [1.29, 1.82) is 0 Å². The summed E-state index contributed by atoms with van der Waals surface area (Å²) in [5, 5.41) is 3.39. The van der Waals surface area contributed by atoms with Gasteiger partial charge >= 0.3 is 0 Å². The van der Waals surface area contributed by atoms with Gasteiger partial charge in [0.2, 0.25) is 5.91 Å². The predicted molar refractivity (Wildman–Crippen MR) is 114 cm³/mol. The van der Waals surface area contributed by atoms with E-state index in [1.54, 1.807) is 31.5 Å². The van der Waals surface area contributed by atoms with Gasteiger partial charge < -0.3 is 10.3 Å². The molecule has 0 aliphatic heterocycles. The number of anilines is 1. The first kappa shape index (κ1) is 18.9. The normalized spacial score (nSPS) is 11.0. The molecule has 0 aliphatic carbocycles. The van der Waals surface area contributed by atoms with E-state index >= 15 is 0 Å². The van der Waals surface area contributed by atoms with Crippen molar-refractivity contribution in [1.82, 2.24) is 19.9 Å². The molecular weight excluding hydrogens is 386 g/mol. The summed E-state index contributed by atoms with van der Waals surface area (Å²) < 4.78 is 1.03. The van der Waals surface area contributed by atoms with Crippen molar-refractivity contribution in [3.05, 3.63) is 69.9 Å². The van der Waals surface area contributed by atoms with Crippen LogP contribution >= 0.6 is 11.3 Å². The number of benzene rings is 1. The van der Waals surface area contributed by atoms with E-state index in [0.29, 0.717) is 28.6 Å². The van der Waals surface area contributed by atoms with Gasteiger partial charge in [0.05, 0.1) is 10.2 Å². The smallest absolute Gasteiger partial charge is 0.254 e. The Labute approximate surface area is 170 Å². The molecule has 8 heteroatoms. The molecule has 0 atom stereocenters. The lowest BCUT2D eigenvalue weighted by Gasteiger charge is -2.07. The minimum absolute atomic E-state index is 0.176. The van der Waals surface area contributed by atoms with Gasteiger partial charge in [-0.3, -0.25) is 14.6 Å². The summed E-state index contributed by atoms with van der Waals surface area (Å²) in [6.07, 6.45) is 3.77. The topological polar surface area (TPSA) is 101 Å². The van der Waals surface area contributed by atoms with Crippen LogP contribution < -0.4 is 10.9 Å². The standard InChI is InChI=1S/C21H19N5O2S/c1-12-3-5-16-17(11-12)29-21(24-16)25-18(27)6-4-15-13(2)23-19(26-20(15)28)14-7-9-22-10-8-14/h3,5,7-11H,4,6H2,1-2H3,(H,23,26,28)(H,24,25,27). The van der Waals surface area contributed by atoms with E-state index in [1.165, 1.54) is 11.3 Å². The van der Waals surface area contributed by atoms with Crippen molar-refractivity contribution in [3.8, 4) is 11.4 Å². The molecule has 0 saturated carbocycles. The number of aromatic nitrogens is 4. The minimum atomic E-state index is -0.229. The summed E-state index contributed by atoms with van der Waals surface area (Å²) in [7, 11) is 0. The number of thiazole rings is 1. The molecule has 3 heterocycles. The quantitative estimate of drug-likeness (QED) is 0.528. The van der Waals surface area contributed by atoms with Gasteiger partial charge in [-0.25, -0.2) is 9.97 Å². The van der Waals surface area contributed by atoms with Crippen LogP contribution in [0.4, 0.5) is 5.13 Å². The van der Waals surface area contributed by atoms with Crippen LogP contribution in [-0.4, -0.2) is 25.8 Å². The Hall–Kier alpha value is -3.39. The average Bonchev–Trinajstić information content (AvgIpc) is 3.09. The molecule has 7 nitrogen and oxygen atoms in total. The van der Waals surface area contributed by atoms with Gasteiger partial charge in [-0.2, -0.15) is 0 Å². The highest BCUT2D eigenvalue weighted by molar-refractivity contribution is 7.22. The molecule has 3 aromatic heterocycles. The molecule has 146 valence electrons. The maximum absolute atomic E-state index is 12.5. The van der Waals surface area contributed by atoms with Gasteiger partial charge in [-0.15, -0.1) is 0 Å². The first-order valence-electron chi connectivity index (χ1n) is 9.17. The maximum Gasteiger partial charge on any atom is 0.254 e. The molecule has 0 spiro atoms. The summed E-state index contributed by atoms with van der Waals surface area (Å²) in [4.78, 5) is 40.5. The number of nitrogens with one attached hydrogen (secondary N) is 2. The molecule has 0 saturated heterocycles. The number of fused-ring (bicyclic) bond motifs is 1. The maximum atomic E-state index is 12.5. The van der Waals surface area contributed by atoms with Crippen molar-refractivity contribution in [2.75, 3.05) is 5.32 Å². The Kier molecular flexibility index (Phi) is 5.18. The molecule has 0 aliphatic rings. The second-order valence-corrected chi connectivity index (χ2v) is 7.78. The Morgan fingerprint density at radius 2 is 1.93 bits per heavy atom. The zero-order valence-corrected chi connectivity index (χ0v) is 16.8. The second-order valence-electron chi connectivity index (χ2n) is 6.75. The number of aromatic amines is 1. The lowest BCUT2D eigenvalue weighted by atomic mass is 10.1. The molecular formula is C21H19N5O2S. The lowest BCUT2D eigenvalue weighted by molar-refractivity contribution is -0.116. The highest BCUT2D eigenvalue weighted by Crippen LogP contribution is 2.26. The molecule has 1 aromatic carbocycles. The summed E-state index contributed by atoms with van der Waals surface area (Å²) in [5.41, 5.74) is 3.69. The highest BCUT2D eigenvalue weighted by atomic mass is 32.1. The molecule has 0 fully saturated rings. The molecule has 0 radical (unpaired) electrons. The van der Waals surface area contributed by atoms with E-state index in [2.05, 4.69) is 25.3 Å². The number of carbonyl (C=O) groups is 1. The number of carbonyl (C=O) groups excluding carboxylic acids is 1.